The minimum Gasteiger partial charge on any atom is -0.389 e. The largest absolute Gasteiger partial charge is 0.389 e. The van der Waals surface area contributed by atoms with Crippen LogP contribution in [0.4, 0.5) is 9.39 Å². The first-order valence-electron chi connectivity index (χ1n) is 4.82. The van der Waals surface area contributed by atoms with Crippen LogP contribution in [-0.2, 0) is 12.2 Å². The Bertz CT molecular complexity index is 435. The number of aryl methyl sites for hydroxylation is 1. The second kappa shape index (κ2) is 3.47. The molecule has 1 aromatic rings. The Balaban J connectivity index is 2.65. The molecule has 0 aliphatic heterocycles. The van der Waals surface area contributed by atoms with Crippen LogP contribution in [0.15, 0.2) is 0 Å². The summed E-state index contributed by atoms with van der Waals surface area (Å²) in [5, 5.41) is 12.1. The third kappa shape index (κ3) is 1.41. The molecule has 0 amide bonds. The molecule has 3 N–H and O–H groups in total. The first-order valence-corrected chi connectivity index (χ1v) is 5.63. The Hall–Kier alpha value is -1.12. The fraction of sp³-hybridized carbons (Fsp3) is 0.500. The molecule has 1 heterocycles. The van der Waals surface area contributed by atoms with Gasteiger partial charge in [-0.25, -0.2) is 4.39 Å². The summed E-state index contributed by atoms with van der Waals surface area (Å²) in [5.74, 6) is -1.58. The highest BCUT2D eigenvalue weighted by molar-refractivity contribution is 7.16. The molecule has 0 saturated carbocycles. The molecular formula is C10H12FN3S. The number of thiophene rings is 1. The smallest absolute Gasteiger partial charge is 0.189 e. The van der Waals surface area contributed by atoms with E-state index in [1.165, 1.54) is 11.3 Å². The number of anilines is 1. The number of fused-ring (bicyclic) bond motifs is 1. The molecule has 0 radical (unpaired) electrons. The number of nitriles is 1. The Morgan fingerprint density at radius 2 is 2.40 bits per heavy atom. The van der Waals surface area contributed by atoms with Crippen molar-refractivity contribution in [2.45, 2.75) is 25.1 Å². The van der Waals surface area contributed by atoms with E-state index >= 15 is 0 Å². The summed E-state index contributed by atoms with van der Waals surface area (Å²) in [7, 11) is 1.57. The minimum atomic E-state index is -1.58. The SMILES string of the molecule is CNC1(F)CCCc2sc(N)c(C#N)c21. The van der Waals surface area contributed by atoms with E-state index in [2.05, 4.69) is 5.32 Å². The van der Waals surface area contributed by atoms with Crippen molar-refractivity contribution in [2.75, 3.05) is 12.8 Å². The van der Waals surface area contributed by atoms with Crippen LogP contribution in [0.1, 0.15) is 28.8 Å². The molecule has 0 fully saturated rings. The first kappa shape index (κ1) is 10.4. The van der Waals surface area contributed by atoms with Crippen LogP contribution in [0.3, 0.4) is 0 Å². The molecule has 15 heavy (non-hydrogen) atoms. The lowest BCUT2D eigenvalue weighted by atomic mass is 9.89. The van der Waals surface area contributed by atoms with Gasteiger partial charge in [-0.2, -0.15) is 5.26 Å². The van der Waals surface area contributed by atoms with Gasteiger partial charge in [0.1, 0.15) is 11.1 Å². The monoisotopic (exact) mass is 225 g/mol. The average Bonchev–Trinajstić information content (AvgIpc) is 2.55. The van der Waals surface area contributed by atoms with E-state index in [0.717, 1.165) is 17.7 Å². The summed E-state index contributed by atoms with van der Waals surface area (Å²) in [6, 6.07) is 2.00. The Kier molecular flexibility index (Phi) is 2.41. The highest BCUT2D eigenvalue weighted by atomic mass is 32.1. The molecule has 1 aliphatic rings. The summed E-state index contributed by atoms with van der Waals surface area (Å²) in [4.78, 5) is 0.909. The molecule has 0 spiro atoms. The summed E-state index contributed by atoms with van der Waals surface area (Å²) in [6.45, 7) is 0. The van der Waals surface area contributed by atoms with Crippen LogP contribution < -0.4 is 11.1 Å². The van der Waals surface area contributed by atoms with Gasteiger partial charge in [-0.1, -0.05) is 0 Å². The summed E-state index contributed by atoms with van der Waals surface area (Å²) in [5.41, 5.74) is 6.49. The van der Waals surface area contributed by atoms with E-state index in [9.17, 15) is 4.39 Å². The second-order valence-corrected chi connectivity index (χ2v) is 4.79. The molecule has 1 atom stereocenters. The topological polar surface area (TPSA) is 61.8 Å². The van der Waals surface area contributed by atoms with Gasteiger partial charge in [-0.3, -0.25) is 5.32 Å². The maximum atomic E-state index is 14.4. The second-order valence-electron chi connectivity index (χ2n) is 3.66. The lowest BCUT2D eigenvalue weighted by molar-refractivity contribution is 0.102. The lowest BCUT2D eigenvalue weighted by Gasteiger charge is -2.29. The van der Waals surface area contributed by atoms with Crippen molar-refractivity contribution in [3.05, 3.63) is 16.0 Å². The van der Waals surface area contributed by atoms with Crippen molar-refractivity contribution < 1.29 is 4.39 Å². The zero-order chi connectivity index (χ0) is 11.1. The first-order chi connectivity index (χ1) is 7.12. The number of rotatable bonds is 1. The third-order valence-electron chi connectivity index (χ3n) is 2.84. The van der Waals surface area contributed by atoms with Crippen molar-refractivity contribution in [3.63, 3.8) is 0 Å². The Morgan fingerprint density at radius 1 is 1.67 bits per heavy atom. The standard InChI is InChI=1S/C10H12FN3S/c1-14-10(11)4-2-3-7-8(10)6(5-12)9(13)15-7/h14H,2-4,13H2,1H3. The molecule has 0 saturated heterocycles. The van der Waals surface area contributed by atoms with Crippen LogP contribution in [0.5, 0.6) is 0 Å². The van der Waals surface area contributed by atoms with Crippen molar-refractivity contribution in [3.8, 4) is 6.07 Å². The van der Waals surface area contributed by atoms with Gasteiger partial charge in [0.15, 0.2) is 5.79 Å². The van der Waals surface area contributed by atoms with Crippen LogP contribution in [0.2, 0.25) is 0 Å². The quantitative estimate of drug-likeness (QED) is 0.717. The molecular weight excluding hydrogens is 213 g/mol. The van der Waals surface area contributed by atoms with Crippen LogP contribution in [0, 0.1) is 11.3 Å². The summed E-state index contributed by atoms with van der Waals surface area (Å²) >= 11 is 1.33. The number of nitrogens with one attached hydrogen (secondary N) is 1. The predicted octanol–water partition coefficient (Wildman–Crippen LogP) is 1.88. The van der Waals surface area contributed by atoms with Gasteiger partial charge in [0.2, 0.25) is 0 Å². The van der Waals surface area contributed by atoms with Gasteiger partial charge in [-0.15, -0.1) is 11.3 Å². The van der Waals surface area contributed by atoms with E-state index in [4.69, 9.17) is 11.0 Å². The number of nitrogens with zero attached hydrogens (tertiary/aromatic N) is 1. The lowest BCUT2D eigenvalue weighted by Crippen LogP contribution is -2.38. The van der Waals surface area contributed by atoms with Gasteiger partial charge < -0.3 is 5.73 Å². The number of hydrogen-bond acceptors (Lipinski definition) is 4. The predicted molar refractivity (Wildman–Crippen MR) is 58.2 cm³/mol. The van der Waals surface area contributed by atoms with E-state index in [1.807, 2.05) is 6.07 Å². The summed E-state index contributed by atoms with van der Waals surface area (Å²) < 4.78 is 14.4. The zero-order valence-corrected chi connectivity index (χ0v) is 9.25. The van der Waals surface area contributed by atoms with Gasteiger partial charge >= 0.3 is 0 Å². The van der Waals surface area contributed by atoms with Gasteiger partial charge in [-0.05, 0) is 26.3 Å². The van der Waals surface area contributed by atoms with Crippen molar-refractivity contribution in [1.82, 2.24) is 5.32 Å². The molecule has 2 rings (SSSR count). The molecule has 1 aromatic heterocycles. The number of nitrogen functional groups attached to an aromatic ring is 1. The van der Waals surface area contributed by atoms with E-state index < -0.39 is 5.79 Å². The molecule has 3 nitrogen and oxygen atoms in total. The van der Waals surface area contributed by atoms with Gasteiger partial charge in [0.25, 0.3) is 0 Å². The Labute approximate surface area is 91.7 Å². The maximum Gasteiger partial charge on any atom is 0.189 e. The maximum absolute atomic E-state index is 14.4. The van der Waals surface area contributed by atoms with E-state index in [-0.39, 0.29) is 0 Å². The van der Waals surface area contributed by atoms with Gasteiger partial charge in [0, 0.05) is 10.4 Å². The number of nitrogens with two attached hydrogens (primary N) is 1. The van der Waals surface area contributed by atoms with Crippen molar-refractivity contribution in [2.24, 2.45) is 0 Å². The van der Waals surface area contributed by atoms with Crippen LogP contribution in [0.25, 0.3) is 0 Å². The van der Waals surface area contributed by atoms with Crippen molar-refractivity contribution >= 4 is 16.3 Å². The Morgan fingerprint density at radius 3 is 3.00 bits per heavy atom. The number of alkyl halides is 1. The summed E-state index contributed by atoms with van der Waals surface area (Å²) in [6.07, 6.45) is 2.01. The fourth-order valence-corrected chi connectivity index (χ4v) is 3.20. The minimum absolute atomic E-state index is 0.312. The molecule has 0 aromatic carbocycles. The molecule has 1 unspecified atom stereocenters. The van der Waals surface area contributed by atoms with Gasteiger partial charge in [0.05, 0.1) is 5.56 Å². The van der Waals surface area contributed by atoms with Crippen molar-refractivity contribution in [1.29, 1.82) is 5.26 Å². The highest BCUT2D eigenvalue weighted by Crippen LogP contribution is 2.44. The average molecular weight is 225 g/mol. The molecule has 1 aliphatic carbocycles. The molecule has 80 valence electrons. The molecule has 0 bridgehead atoms. The fourth-order valence-electron chi connectivity index (χ4n) is 2.07. The molecule has 5 heteroatoms. The number of hydrogen-bond donors (Lipinski definition) is 2. The number of halogens is 1. The third-order valence-corrected chi connectivity index (χ3v) is 3.92. The highest BCUT2D eigenvalue weighted by Gasteiger charge is 2.39. The zero-order valence-electron chi connectivity index (χ0n) is 8.43. The van der Waals surface area contributed by atoms with E-state index in [1.54, 1.807) is 7.05 Å². The normalized spacial score (nSPS) is 24.6. The van der Waals surface area contributed by atoms with Crippen LogP contribution >= 0.6 is 11.3 Å². The van der Waals surface area contributed by atoms with Crippen LogP contribution in [-0.4, -0.2) is 7.05 Å². The van der Waals surface area contributed by atoms with E-state index in [0.29, 0.717) is 22.5 Å².